The van der Waals surface area contributed by atoms with E-state index in [1.54, 1.807) is 19.0 Å². The van der Waals surface area contributed by atoms with Crippen molar-refractivity contribution in [2.45, 2.75) is 19.1 Å². The Morgan fingerprint density at radius 1 is 0.872 bits per heavy atom. The molecule has 2 atom stereocenters. The van der Waals surface area contributed by atoms with Crippen molar-refractivity contribution in [3.05, 3.63) is 48.0 Å². The van der Waals surface area contributed by atoms with E-state index in [1.165, 1.54) is 41.0 Å². The highest BCUT2D eigenvalue weighted by atomic mass is 19.1. The molecule has 0 saturated carbocycles. The van der Waals surface area contributed by atoms with E-state index < -0.39 is 36.0 Å². The lowest BCUT2D eigenvalue weighted by molar-refractivity contribution is -0.122. The standard InChI is InChI=1S/C26H29F2N5O6/c1-15(34)29-10-18-12-32(25(36)38-18)16-4-6-20(22(27)8-16)21-7-5-17(9-23(21)28)33-13-19(39-26(33)37)11-30-24(35)14-31(2)3/h4-9,18-19H,10-14H2,1-3H3,(H,29,34)(H,30,35)/t18-,19-/m0/s1. The molecular weight excluding hydrogens is 516 g/mol. The van der Waals surface area contributed by atoms with Crippen molar-refractivity contribution in [1.82, 2.24) is 15.5 Å². The summed E-state index contributed by atoms with van der Waals surface area (Å²) in [6.07, 6.45) is -2.55. The highest BCUT2D eigenvalue weighted by Gasteiger charge is 2.34. The lowest BCUT2D eigenvalue weighted by Gasteiger charge is -2.16. The van der Waals surface area contributed by atoms with Crippen LogP contribution in [-0.4, -0.2) is 87.9 Å². The van der Waals surface area contributed by atoms with Gasteiger partial charge in [-0.2, -0.15) is 0 Å². The fourth-order valence-electron chi connectivity index (χ4n) is 4.29. The summed E-state index contributed by atoms with van der Waals surface area (Å²) in [5.41, 5.74) is 0.392. The van der Waals surface area contributed by atoms with E-state index in [1.807, 2.05) is 0 Å². The molecule has 2 saturated heterocycles. The third-order valence-electron chi connectivity index (χ3n) is 6.13. The molecule has 2 N–H and O–H groups in total. The van der Waals surface area contributed by atoms with Crippen molar-refractivity contribution < 1.29 is 37.4 Å². The third-order valence-corrected chi connectivity index (χ3v) is 6.13. The van der Waals surface area contributed by atoms with Crippen LogP contribution in [0.4, 0.5) is 29.7 Å². The van der Waals surface area contributed by atoms with Crippen LogP contribution in [0.1, 0.15) is 6.92 Å². The van der Waals surface area contributed by atoms with Crippen LogP contribution in [0.25, 0.3) is 11.1 Å². The van der Waals surface area contributed by atoms with Gasteiger partial charge in [0.25, 0.3) is 0 Å². The number of anilines is 2. The number of nitrogens with zero attached hydrogens (tertiary/aromatic N) is 3. The number of nitrogens with one attached hydrogen (secondary N) is 2. The molecule has 39 heavy (non-hydrogen) atoms. The van der Waals surface area contributed by atoms with E-state index in [4.69, 9.17) is 9.47 Å². The first-order valence-electron chi connectivity index (χ1n) is 12.2. The number of hydrogen-bond donors (Lipinski definition) is 2. The molecule has 13 heteroatoms. The average molecular weight is 546 g/mol. The van der Waals surface area contributed by atoms with Gasteiger partial charge < -0.3 is 25.0 Å². The lowest BCUT2D eigenvalue weighted by atomic mass is 10.0. The van der Waals surface area contributed by atoms with Gasteiger partial charge in [-0.15, -0.1) is 0 Å². The van der Waals surface area contributed by atoms with Gasteiger partial charge in [-0.05, 0) is 50.5 Å². The zero-order chi connectivity index (χ0) is 28.3. The van der Waals surface area contributed by atoms with Gasteiger partial charge in [0.15, 0.2) is 0 Å². The maximum absolute atomic E-state index is 15.1. The summed E-state index contributed by atoms with van der Waals surface area (Å²) in [5.74, 6) is -2.00. The van der Waals surface area contributed by atoms with Crippen LogP contribution < -0.4 is 20.4 Å². The maximum atomic E-state index is 15.1. The minimum Gasteiger partial charge on any atom is -0.442 e. The number of halogens is 2. The number of likely N-dealkylation sites (N-methyl/N-ethyl adjacent to an activating group) is 1. The first-order chi connectivity index (χ1) is 18.5. The molecule has 11 nitrogen and oxygen atoms in total. The molecule has 2 aromatic rings. The summed E-state index contributed by atoms with van der Waals surface area (Å²) in [7, 11) is 3.51. The van der Waals surface area contributed by atoms with Gasteiger partial charge in [0.05, 0.1) is 44.1 Å². The van der Waals surface area contributed by atoms with Crippen LogP contribution in [0, 0.1) is 11.6 Å². The molecule has 2 aliphatic heterocycles. The van der Waals surface area contributed by atoms with Gasteiger partial charge >= 0.3 is 12.2 Å². The van der Waals surface area contributed by atoms with E-state index in [9.17, 15) is 19.2 Å². The Morgan fingerprint density at radius 3 is 1.74 bits per heavy atom. The Hall–Kier alpha value is -4.26. The second-order valence-corrected chi connectivity index (χ2v) is 9.54. The predicted molar refractivity (Wildman–Crippen MR) is 137 cm³/mol. The number of carbonyl (C=O) groups is 4. The van der Waals surface area contributed by atoms with Crippen molar-refractivity contribution in [3.8, 4) is 11.1 Å². The molecule has 0 radical (unpaired) electrons. The second-order valence-electron chi connectivity index (χ2n) is 9.54. The third kappa shape index (κ3) is 6.60. The van der Waals surface area contributed by atoms with Gasteiger partial charge in [-0.25, -0.2) is 18.4 Å². The molecule has 0 aromatic heterocycles. The number of benzene rings is 2. The zero-order valence-electron chi connectivity index (χ0n) is 21.7. The molecule has 0 bridgehead atoms. The second kappa shape index (κ2) is 11.6. The molecule has 2 fully saturated rings. The number of amides is 4. The Labute approximate surface area is 223 Å². The van der Waals surface area contributed by atoms with E-state index in [-0.39, 0.29) is 67.0 Å². The first kappa shape index (κ1) is 27.8. The van der Waals surface area contributed by atoms with Crippen molar-refractivity contribution in [2.24, 2.45) is 0 Å². The molecule has 208 valence electrons. The fourth-order valence-corrected chi connectivity index (χ4v) is 4.29. The van der Waals surface area contributed by atoms with E-state index in [2.05, 4.69) is 10.6 Å². The number of hydrogen-bond acceptors (Lipinski definition) is 7. The molecule has 4 rings (SSSR count). The molecule has 2 aromatic carbocycles. The molecule has 2 heterocycles. The molecular formula is C26H29F2N5O6. The van der Waals surface area contributed by atoms with Crippen molar-refractivity contribution in [2.75, 3.05) is 56.6 Å². The summed E-state index contributed by atoms with van der Waals surface area (Å²) in [5, 5.41) is 5.25. The van der Waals surface area contributed by atoms with E-state index in [0.717, 1.165) is 12.1 Å². The molecule has 0 spiro atoms. The maximum Gasteiger partial charge on any atom is 0.414 e. The van der Waals surface area contributed by atoms with Crippen LogP contribution in [0.5, 0.6) is 0 Å². The number of ether oxygens (including phenoxy) is 2. The minimum absolute atomic E-state index is 0.0318. The van der Waals surface area contributed by atoms with Crippen molar-refractivity contribution in [3.63, 3.8) is 0 Å². The minimum atomic E-state index is -0.759. The summed E-state index contributed by atoms with van der Waals surface area (Å²) in [6, 6.07) is 7.88. The smallest absolute Gasteiger partial charge is 0.414 e. The van der Waals surface area contributed by atoms with Crippen LogP contribution in [0.2, 0.25) is 0 Å². The number of cyclic esters (lactones) is 2. The zero-order valence-corrected chi connectivity index (χ0v) is 21.7. The Bertz CT molecular complexity index is 1290. The Morgan fingerprint density at radius 2 is 1.33 bits per heavy atom. The largest absolute Gasteiger partial charge is 0.442 e. The van der Waals surface area contributed by atoms with E-state index >= 15 is 8.78 Å². The van der Waals surface area contributed by atoms with Crippen LogP contribution in [0.3, 0.4) is 0 Å². The first-order valence-corrected chi connectivity index (χ1v) is 12.2. The highest BCUT2D eigenvalue weighted by molar-refractivity contribution is 5.91. The monoisotopic (exact) mass is 545 g/mol. The Kier molecular flexibility index (Phi) is 8.29. The number of rotatable bonds is 9. The van der Waals surface area contributed by atoms with Crippen LogP contribution in [-0.2, 0) is 19.1 Å². The van der Waals surface area contributed by atoms with Crippen LogP contribution in [0.15, 0.2) is 36.4 Å². The van der Waals surface area contributed by atoms with Gasteiger partial charge in [0, 0.05) is 18.1 Å². The van der Waals surface area contributed by atoms with Gasteiger partial charge in [-0.1, -0.05) is 0 Å². The van der Waals surface area contributed by atoms with Crippen molar-refractivity contribution in [1.29, 1.82) is 0 Å². The topological polar surface area (TPSA) is 121 Å². The van der Waals surface area contributed by atoms with Crippen LogP contribution >= 0.6 is 0 Å². The molecule has 2 aliphatic rings. The van der Waals surface area contributed by atoms with Gasteiger partial charge in [0.2, 0.25) is 11.8 Å². The summed E-state index contributed by atoms with van der Waals surface area (Å²) in [4.78, 5) is 51.7. The average Bonchev–Trinajstić information content (AvgIpc) is 3.43. The predicted octanol–water partition coefficient (Wildman–Crippen LogP) is 2.10. The Balaban J connectivity index is 1.43. The van der Waals surface area contributed by atoms with Gasteiger partial charge in [-0.3, -0.25) is 19.4 Å². The van der Waals surface area contributed by atoms with E-state index in [0.29, 0.717) is 0 Å². The normalized spacial score (nSPS) is 18.8. The molecule has 4 amide bonds. The molecule has 0 aliphatic carbocycles. The fraction of sp³-hybridized carbons (Fsp3) is 0.385. The quantitative estimate of drug-likeness (QED) is 0.495. The SMILES string of the molecule is CC(=O)NC[C@H]1CN(c2ccc(-c3ccc(N4C[C@H](CNC(=O)CN(C)C)OC4=O)cc3F)c(F)c2)C(=O)O1. The van der Waals surface area contributed by atoms with Gasteiger partial charge in [0.1, 0.15) is 23.8 Å². The molecule has 0 unspecified atom stereocenters. The summed E-state index contributed by atoms with van der Waals surface area (Å²) < 4.78 is 40.6. The highest BCUT2D eigenvalue weighted by Crippen LogP contribution is 2.33. The number of carbonyl (C=O) groups excluding carboxylic acids is 4. The lowest BCUT2D eigenvalue weighted by Crippen LogP contribution is -2.39. The summed E-state index contributed by atoms with van der Waals surface area (Å²) in [6.45, 7) is 2.01. The summed E-state index contributed by atoms with van der Waals surface area (Å²) >= 11 is 0. The van der Waals surface area contributed by atoms with Crippen molar-refractivity contribution >= 4 is 35.4 Å².